The summed E-state index contributed by atoms with van der Waals surface area (Å²) in [4.78, 5) is 22.8. The van der Waals surface area contributed by atoms with Crippen molar-refractivity contribution >= 4 is 17.6 Å². The van der Waals surface area contributed by atoms with E-state index < -0.39 is 6.10 Å². The van der Waals surface area contributed by atoms with E-state index in [4.69, 9.17) is 5.73 Å². The number of H-pyrrole nitrogens is 1. The SMILES string of the molecule is CC[C@H](O)c1ccc(Sc2nc(N)cc(=O)[nH]2)cn1. The van der Waals surface area contributed by atoms with Crippen LogP contribution in [0.2, 0.25) is 0 Å². The van der Waals surface area contributed by atoms with Crippen molar-refractivity contribution < 1.29 is 5.11 Å². The Bertz CT molecular complexity index is 612. The van der Waals surface area contributed by atoms with Crippen LogP contribution >= 0.6 is 11.8 Å². The molecule has 0 saturated heterocycles. The van der Waals surface area contributed by atoms with Gasteiger partial charge in [-0.25, -0.2) is 4.98 Å². The third kappa shape index (κ3) is 3.55. The quantitative estimate of drug-likeness (QED) is 0.729. The van der Waals surface area contributed by atoms with Gasteiger partial charge in [-0.3, -0.25) is 9.78 Å². The van der Waals surface area contributed by atoms with Crippen molar-refractivity contribution in [3.63, 3.8) is 0 Å². The Morgan fingerprint density at radius 3 is 2.89 bits per heavy atom. The van der Waals surface area contributed by atoms with Gasteiger partial charge in [0, 0.05) is 17.2 Å². The number of nitrogens with one attached hydrogen (secondary N) is 1. The predicted octanol–water partition coefficient (Wildman–Crippen LogP) is 1.34. The van der Waals surface area contributed by atoms with E-state index in [1.807, 2.05) is 13.0 Å². The first-order chi connectivity index (χ1) is 9.08. The van der Waals surface area contributed by atoms with Crippen molar-refractivity contribution in [3.05, 3.63) is 40.4 Å². The standard InChI is InChI=1S/C12H14N4O2S/c1-2-9(17)8-4-3-7(6-14-8)19-12-15-10(13)5-11(18)16-12/h3-6,9,17H,2H2,1H3,(H3,13,15,16,18)/t9-/m0/s1. The maximum atomic E-state index is 11.2. The highest BCUT2D eigenvalue weighted by molar-refractivity contribution is 7.99. The molecule has 2 aromatic heterocycles. The van der Waals surface area contributed by atoms with E-state index in [9.17, 15) is 9.90 Å². The van der Waals surface area contributed by atoms with Crippen molar-refractivity contribution in [2.24, 2.45) is 0 Å². The second-order valence-electron chi connectivity index (χ2n) is 3.92. The lowest BCUT2D eigenvalue weighted by atomic mass is 10.2. The van der Waals surface area contributed by atoms with E-state index in [1.165, 1.54) is 17.8 Å². The van der Waals surface area contributed by atoms with Crippen LogP contribution in [0.25, 0.3) is 0 Å². The molecule has 0 radical (unpaired) electrons. The van der Waals surface area contributed by atoms with Crippen LogP contribution in [-0.4, -0.2) is 20.1 Å². The summed E-state index contributed by atoms with van der Waals surface area (Å²) in [7, 11) is 0. The third-order valence-electron chi connectivity index (χ3n) is 2.44. The summed E-state index contributed by atoms with van der Waals surface area (Å²) in [6.45, 7) is 1.89. The molecular weight excluding hydrogens is 264 g/mol. The molecule has 0 amide bonds. The molecule has 2 aromatic rings. The van der Waals surface area contributed by atoms with Gasteiger partial charge in [0.1, 0.15) is 5.82 Å². The number of nitrogens with zero attached hydrogens (tertiary/aromatic N) is 2. The first kappa shape index (κ1) is 13.6. The zero-order valence-electron chi connectivity index (χ0n) is 10.3. The van der Waals surface area contributed by atoms with E-state index in [1.54, 1.807) is 12.3 Å². The van der Waals surface area contributed by atoms with Gasteiger partial charge >= 0.3 is 0 Å². The lowest BCUT2D eigenvalue weighted by Crippen LogP contribution is -2.09. The van der Waals surface area contributed by atoms with Gasteiger partial charge in [0.05, 0.1) is 11.8 Å². The Labute approximate surface area is 114 Å². The molecule has 19 heavy (non-hydrogen) atoms. The number of aromatic nitrogens is 3. The highest BCUT2D eigenvalue weighted by atomic mass is 32.2. The van der Waals surface area contributed by atoms with Gasteiger partial charge in [-0.2, -0.15) is 0 Å². The molecule has 0 saturated carbocycles. The maximum Gasteiger partial charge on any atom is 0.253 e. The Morgan fingerprint density at radius 1 is 1.53 bits per heavy atom. The second-order valence-corrected chi connectivity index (χ2v) is 4.98. The molecule has 0 aliphatic heterocycles. The number of hydrogen-bond donors (Lipinski definition) is 3. The summed E-state index contributed by atoms with van der Waals surface area (Å²) in [6, 6.07) is 4.79. The average Bonchev–Trinajstić information content (AvgIpc) is 2.37. The molecule has 0 spiro atoms. The summed E-state index contributed by atoms with van der Waals surface area (Å²) in [5, 5.41) is 10.0. The van der Waals surface area contributed by atoms with E-state index >= 15 is 0 Å². The number of nitrogen functional groups attached to an aromatic ring is 1. The largest absolute Gasteiger partial charge is 0.387 e. The van der Waals surface area contributed by atoms with Gasteiger partial charge in [-0.05, 0) is 18.6 Å². The molecule has 4 N–H and O–H groups in total. The lowest BCUT2D eigenvalue weighted by Gasteiger charge is -2.07. The van der Waals surface area contributed by atoms with E-state index in [0.717, 1.165) is 4.90 Å². The molecule has 0 aliphatic carbocycles. The van der Waals surface area contributed by atoms with E-state index in [2.05, 4.69) is 15.0 Å². The normalized spacial score (nSPS) is 12.3. The van der Waals surface area contributed by atoms with Crippen LogP contribution in [0.5, 0.6) is 0 Å². The second kappa shape index (κ2) is 5.85. The van der Waals surface area contributed by atoms with Gasteiger partial charge in [0.25, 0.3) is 5.56 Å². The summed E-state index contributed by atoms with van der Waals surface area (Å²) < 4.78 is 0. The lowest BCUT2D eigenvalue weighted by molar-refractivity contribution is 0.169. The van der Waals surface area contributed by atoms with Crippen LogP contribution in [0.3, 0.4) is 0 Å². The van der Waals surface area contributed by atoms with Crippen LogP contribution in [0.15, 0.2) is 39.2 Å². The van der Waals surface area contributed by atoms with Crippen LogP contribution < -0.4 is 11.3 Å². The molecule has 0 aromatic carbocycles. The van der Waals surface area contributed by atoms with E-state index in [-0.39, 0.29) is 11.4 Å². The number of anilines is 1. The van der Waals surface area contributed by atoms with Crippen LogP contribution in [0.1, 0.15) is 25.1 Å². The zero-order chi connectivity index (χ0) is 13.8. The number of hydrogen-bond acceptors (Lipinski definition) is 6. The number of pyridine rings is 1. The van der Waals surface area contributed by atoms with Gasteiger partial charge in [-0.15, -0.1) is 0 Å². The Morgan fingerprint density at radius 2 is 2.32 bits per heavy atom. The van der Waals surface area contributed by atoms with Gasteiger partial charge in [0.2, 0.25) is 0 Å². The topological polar surface area (TPSA) is 105 Å². The van der Waals surface area contributed by atoms with Crippen molar-refractivity contribution in [1.82, 2.24) is 15.0 Å². The minimum Gasteiger partial charge on any atom is -0.387 e. The third-order valence-corrected chi connectivity index (χ3v) is 3.31. The summed E-state index contributed by atoms with van der Waals surface area (Å²) >= 11 is 1.25. The minimum atomic E-state index is -0.552. The first-order valence-electron chi connectivity index (χ1n) is 5.77. The molecule has 2 heterocycles. The first-order valence-corrected chi connectivity index (χ1v) is 6.59. The Balaban J connectivity index is 2.17. The molecular formula is C12H14N4O2S. The average molecular weight is 278 g/mol. The smallest absolute Gasteiger partial charge is 0.253 e. The summed E-state index contributed by atoms with van der Waals surface area (Å²) in [6.07, 6.45) is 1.69. The number of aliphatic hydroxyl groups is 1. The molecule has 100 valence electrons. The molecule has 6 nitrogen and oxygen atoms in total. The number of aliphatic hydroxyl groups excluding tert-OH is 1. The molecule has 0 fully saturated rings. The predicted molar refractivity (Wildman–Crippen MR) is 72.9 cm³/mol. The maximum absolute atomic E-state index is 11.2. The van der Waals surface area contributed by atoms with E-state index in [0.29, 0.717) is 17.3 Å². The van der Waals surface area contributed by atoms with Crippen molar-refractivity contribution in [2.75, 3.05) is 5.73 Å². The van der Waals surface area contributed by atoms with Crippen LogP contribution in [0.4, 0.5) is 5.82 Å². The molecule has 0 unspecified atom stereocenters. The minimum absolute atomic E-state index is 0.178. The number of aromatic amines is 1. The fraction of sp³-hybridized carbons (Fsp3) is 0.250. The van der Waals surface area contributed by atoms with Gasteiger partial charge in [-0.1, -0.05) is 18.7 Å². The van der Waals surface area contributed by atoms with Crippen molar-refractivity contribution in [3.8, 4) is 0 Å². The fourth-order valence-electron chi connectivity index (χ4n) is 1.47. The number of nitrogens with two attached hydrogens (primary N) is 1. The summed E-state index contributed by atoms with van der Waals surface area (Å²) in [5.74, 6) is 0.178. The molecule has 0 bridgehead atoms. The Kier molecular flexibility index (Phi) is 4.18. The van der Waals surface area contributed by atoms with Gasteiger partial charge < -0.3 is 15.8 Å². The van der Waals surface area contributed by atoms with Crippen molar-refractivity contribution in [1.29, 1.82) is 0 Å². The molecule has 1 atom stereocenters. The van der Waals surface area contributed by atoms with Crippen LogP contribution in [-0.2, 0) is 0 Å². The molecule has 0 aliphatic rings. The highest BCUT2D eigenvalue weighted by Gasteiger charge is 2.07. The van der Waals surface area contributed by atoms with Crippen LogP contribution in [0, 0.1) is 0 Å². The fourth-order valence-corrected chi connectivity index (χ4v) is 2.24. The summed E-state index contributed by atoms with van der Waals surface area (Å²) in [5.41, 5.74) is 5.84. The van der Waals surface area contributed by atoms with Gasteiger partial charge in [0.15, 0.2) is 5.16 Å². The zero-order valence-corrected chi connectivity index (χ0v) is 11.1. The molecule has 2 rings (SSSR count). The Hall–Kier alpha value is -1.86. The number of rotatable bonds is 4. The highest BCUT2D eigenvalue weighted by Crippen LogP contribution is 2.24. The monoisotopic (exact) mass is 278 g/mol. The van der Waals surface area contributed by atoms with Crippen molar-refractivity contribution in [2.45, 2.75) is 29.5 Å². The molecule has 7 heteroatoms.